The Morgan fingerprint density at radius 2 is 1.64 bits per heavy atom. The molecule has 2 heterocycles. The van der Waals surface area contributed by atoms with Gasteiger partial charge in [-0.3, -0.25) is 9.59 Å². The minimum absolute atomic E-state index is 0. The summed E-state index contributed by atoms with van der Waals surface area (Å²) in [6.07, 6.45) is 0.768. The molecule has 25 heavy (non-hydrogen) atoms. The molecule has 2 amide bonds. The summed E-state index contributed by atoms with van der Waals surface area (Å²) in [7, 11) is 0. The molecule has 0 radical (unpaired) electrons. The van der Waals surface area contributed by atoms with Gasteiger partial charge in [-0.2, -0.15) is 0 Å². The van der Waals surface area contributed by atoms with E-state index in [-0.39, 0.29) is 24.2 Å². The van der Waals surface area contributed by atoms with Crippen LogP contribution in [0.25, 0.3) is 0 Å². The van der Waals surface area contributed by atoms with Crippen molar-refractivity contribution < 1.29 is 9.59 Å². The Morgan fingerprint density at radius 3 is 2.32 bits per heavy atom. The lowest BCUT2D eigenvalue weighted by atomic mass is 10.1. The van der Waals surface area contributed by atoms with Crippen LogP contribution in [0.3, 0.4) is 0 Å². The Labute approximate surface area is 157 Å². The van der Waals surface area contributed by atoms with Crippen LogP contribution in [-0.4, -0.2) is 47.8 Å². The van der Waals surface area contributed by atoms with Crippen LogP contribution in [0.1, 0.15) is 27.7 Å². The van der Waals surface area contributed by atoms with E-state index in [0.29, 0.717) is 26.2 Å². The Hall–Kier alpha value is -1.89. The third-order valence-electron chi connectivity index (χ3n) is 4.25. The summed E-state index contributed by atoms with van der Waals surface area (Å²) < 4.78 is 0. The zero-order valence-electron chi connectivity index (χ0n) is 13.8. The lowest BCUT2D eigenvalue weighted by Gasteiger charge is -2.24. The number of thiophene rings is 1. The van der Waals surface area contributed by atoms with Crippen molar-refractivity contribution in [2.24, 2.45) is 5.73 Å². The summed E-state index contributed by atoms with van der Waals surface area (Å²) in [6, 6.07) is 12.5. The predicted octanol–water partition coefficient (Wildman–Crippen LogP) is 2.54. The van der Waals surface area contributed by atoms with E-state index >= 15 is 0 Å². The summed E-state index contributed by atoms with van der Waals surface area (Å²) in [5, 5.41) is 1.90. The van der Waals surface area contributed by atoms with E-state index in [9.17, 15) is 9.59 Å². The molecule has 0 aliphatic carbocycles. The molecule has 1 atom stereocenters. The monoisotopic (exact) mass is 379 g/mol. The average molecular weight is 380 g/mol. The van der Waals surface area contributed by atoms with Crippen molar-refractivity contribution in [3.05, 3.63) is 58.3 Å². The number of benzene rings is 1. The molecular weight excluding hydrogens is 358 g/mol. The first-order chi connectivity index (χ1) is 11.7. The van der Waals surface area contributed by atoms with Crippen LogP contribution in [0.5, 0.6) is 0 Å². The van der Waals surface area contributed by atoms with Crippen molar-refractivity contribution in [3.8, 4) is 0 Å². The van der Waals surface area contributed by atoms with Gasteiger partial charge in [0.2, 0.25) is 5.91 Å². The molecule has 2 N–H and O–H groups in total. The fraction of sp³-hybridized carbons (Fsp3) is 0.333. The van der Waals surface area contributed by atoms with E-state index in [1.807, 2.05) is 52.7 Å². The summed E-state index contributed by atoms with van der Waals surface area (Å²) >= 11 is 1.45. The maximum atomic E-state index is 12.7. The highest BCUT2D eigenvalue weighted by Crippen LogP contribution is 2.17. The minimum atomic E-state index is -0.647. The SMILES string of the molecule is Cl.NC(C(=O)N1CCCN(C(=O)c2cccs2)CC1)c1ccccc1. The van der Waals surface area contributed by atoms with Gasteiger partial charge in [0.15, 0.2) is 0 Å². The molecule has 1 unspecified atom stereocenters. The molecule has 0 saturated carbocycles. The summed E-state index contributed by atoms with van der Waals surface area (Å²) in [4.78, 5) is 29.5. The molecule has 2 aromatic rings. The second kappa shape index (κ2) is 8.99. The molecule has 1 aliphatic heterocycles. The van der Waals surface area contributed by atoms with Crippen molar-refractivity contribution in [1.82, 2.24) is 9.80 Å². The van der Waals surface area contributed by atoms with E-state index in [1.54, 1.807) is 4.90 Å². The van der Waals surface area contributed by atoms with Gasteiger partial charge in [0, 0.05) is 26.2 Å². The van der Waals surface area contributed by atoms with Crippen molar-refractivity contribution in [1.29, 1.82) is 0 Å². The van der Waals surface area contributed by atoms with E-state index in [0.717, 1.165) is 16.9 Å². The number of carbonyl (C=O) groups is 2. The van der Waals surface area contributed by atoms with Crippen LogP contribution in [0.15, 0.2) is 47.8 Å². The van der Waals surface area contributed by atoms with Crippen LogP contribution in [-0.2, 0) is 4.79 Å². The molecule has 7 heteroatoms. The van der Waals surface area contributed by atoms with Crippen molar-refractivity contribution >= 4 is 35.6 Å². The minimum Gasteiger partial charge on any atom is -0.339 e. The lowest BCUT2D eigenvalue weighted by molar-refractivity contribution is -0.132. The number of rotatable bonds is 3. The smallest absolute Gasteiger partial charge is 0.263 e. The van der Waals surface area contributed by atoms with Gasteiger partial charge in [0.05, 0.1) is 4.88 Å². The normalized spacial score (nSPS) is 15.9. The number of halogens is 1. The van der Waals surface area contributed by atoms with Gasteiger partial charge in [0.25, 0.3) is 5.91 Å². The molecular formula is C18H22ClN3O2S. The standard InChI is InChI=1S/C18H21N3O2S.ClH/c19-16(14-6-2-1-3-7-14)18(23)21-10-5-9-20(11-12-21)17(22)15-8-4-13-24-15;/h1-4,6-8,13,16H,5,9-12,19H2;1H. The second-order valence-corrected chi connectivity index (χ2v) is 6.78. The van der Waals surface area contributed by atoms with Gasteiger partial charge >= 0.3 is 0 Å². The van der Waals surface area contributed by atoms with E-state index in [4.69, 9.17) is 5.73 Å². The molecule has 1 aromatic carbocycles. The molecule has 5 nitrogen and oxygen atoms in total. The first-order valence-corrected chi connectivity index (χ1v) is 8.97. The fourth-order valence-corrected chi connectivity index (χ4v) is 3.59. The average Bonchev–Trinajstić information content (AvgIpc) is 3.05. The summed E-state index contributed by atoms with van der Waals surface area (Å²) in [6.45, 7) is 2.37. The molecule has 0 bridgehead atoms. The van der Waals surface area contributed by atoms with E-state index < -0.39 is 6.04 Å². The van der Waals surface area contributed by atoms with Gasteiger partial charge in [-0.25, -0.2) is 0 Å². The topological polar surface area (TPSA) is 66.6 Å². The number of nitrogens with zero attached hydrogens (tertiary/aromatic N) is 2. The second-order valence-electron chi connectivity index (χ2n) is 5.84. The highest BCUT2D eigenvalue weighted by molar-refractivity contribution is 7.12. The lowest BCUT2D eigenvalue weighted by Crippen LogP contribution is -2.41. The van der Waals surface area contributed by atoms with Crippen molar-refractivity contribution in [3.63, 3.8) is 0 Å². The Balaban J connectivity index is 0.00000225. The van der Waals surface area contributed by atoms with Gasteiger partial charge in [-0.15, -0.1) is 23.7 Å². The molecule has 1 saturated heterocycles. The quantitative estimate of drug-likeness (QED) is 0.891. The van der Waals surface area contributed by atoms with Gasteiger partial charge in [0.1, 0.15) is 6.04 Å². The zero-order valence-corrected chi connectivity index (χ0v) is 15.5. The Bertz CT molecular complexity index is 694. The van der Waals surface area contributed by atoms with Crippen LogP contribution in [0, 0.1) is 0 Å². The highest BCUT2D eigenvalue weighted by Gasteiger charge is 2.26. The molecule has 134 valence electrons. The van der Waals surface area contributed by atoms with E-state index in [1.165, 1.54) is 11.3 Å². The predicted molar refractivity (Wildman–Crippen MR) is 102 cm³/mol. The Kier molecular flexibility index (Phi) is 6.99. The number of hydrogen-bond acceptors (Lipinski definition) is 4. The molecule has 1 aliphatic rings. The largest absolute Gasteiger partial charge is 0.339 e. The maximum absolute atomic E-state index is 12.7. The first kappa shape index (κ1) is 19.4. The van der Waals surface area contributed by atoms with Crippen molar-refractivity contribution in [2.75, 3.05) is 26.2 Å². The molecule has 1 fully saturated rings. The van der Waals surface area contributed by atoms with Crippen LogP contribution in [0.4, 0.5) is 0 Å². The molecule has 3 rings (SSSR count). The fourth-order valence-electron chi connectivity index (χ4n) is 2.90. The Morgan fingerprint density at radius 1 is 0.960 bits per heavy atom. The van der Waals surface area contributed by atoms with Crippen molar-refractivity contribution in [2.45, 2.75) is 12.5 Å². The zero-order chi connectivity index (χ0) is 16.9. The number of amides is 2. The van der Waals surface area contributed by atoms with Gasteiger partial charge < -0.3 is 15.5 Å². The van der Waals surface area contributed by atoms with Crippen LogP contribution in [0.2, 0.25) is 0 Å². The van der Waals surface area contributed by atoms with Gasteiger partial charge in [-0.1, -0.05) is 36.4 Å². The third kappa shape index (κ3) is 4.60. The number of carbonyl (C=O) groups excluding carboxylic acids is 2. The van der Waals surface area contributed by atoms with Crippen LogP contribution >= 0.6 is 23.7 Å². The maximum Gasteiger partial charge on any atom is 0.263 e. The highest BCUT2D eigenvalue weighted by atomic mass is 35.5. The van der Waals surface area contributed by atoms with E-state index in [2.05, 4.69) is 0 Å². The third-order valence-corrected chi connectivity index (χ3v) is 5.11. The van der Waals surface area contributed by atoms with Gasteiger partial charge in [-0.05, 0) is 23.4 Å². The summed E-state index contributed by atoms with van der Waals surface area (Å²) in [5.41, 5.74) is 6.94. The number of nitrogens with two attached hydrogens (primary N) is 1. The summed E-state index contributed by atoms with van der Waals surface area (Å²) in [5.74, 6) is -0.0294. The number of hydrogen-bond donors (Lipinski definition) is 1. The van der Waals surface area contributed by atoms with Crippen LogP contribution < -0.4 is 5.73 Å². The molecule has 1 aromatic heterocycles. The first-order valence-electron chi connectivity index (χ1n) is 8.09. The molecule has 0 spiro atoms.